The minimum atomic E-state index is -0.698. The fourth-order valence-corrected chi connectivity index (χ4v) is 3.13. The van der Waals surface area contributed by atoms with E-state index >= 15 is 0 Å². The van der Waals surface area contributed by atoms with Gasteiger partial charge in [-0.1, -0.05) is 23.4 Å². The molecule has 0 aliphatic heterocycles. The number of hydrogen-bond acceptors (Lipinski definition) is 9. The lowest BCUT2D eigenvalue weighted by Crippen LogP contribution is -2.06. The van der Waals surface area contributed by atoms with Crippen molar-refractivity contribution in [3.8, 4) is 34.7 Å². The minimum absolute atomic E-state index is 0.0734. The van der Waals surface area contributed by atoms with Crippen LogP contribution >= 0.6 is 0 Å². The van der Waals surface area contributed by atoms with Crippen LogP contribution in [0.15, 0.2) is 62.5 Å². The smallest absolute Gasteiger partial charge is 0.287 e. The van der Waals surface area contributed by atoms with Crippen molar-refractivity contribution in [2.24, 2.45) is 0 Å². The van der Waals surface area contributed by atoms with E-state index in [2.05, 4.69) is 20.2 Å². The molecule has 4 aromatic heterocycles. The molecule has 0 aliphatic carbocycles. The second-order valence-electron chi connectivity index (χ2n) is 6.55. The van der Waals surface area contributed by atoms with Crippen LogP contribution in [0.2, 0.25) is 0 Å². The molecule has 1 aromatic carbocycles. The third-order valence-corrected chi connectivity index (χ3v) is 4.55. The van der Waals surface area contributed by atoms with Gasteiger partial charge in [0, 0.05) is 11.6 Å². The molecule has 4 heterocycles. The molecule has 0 spiro atoms. The van der Waals surface area contributed by atoms with Gasteiger partial charge in [0.15, 0.2) is 5.82 Å². The standard InChI is InChI=1S/C20H12FN5O5/c21-11-4-2-1-3-10(11)9-26-14(12-5-6-30-25-12)7-13(24-26)18-22-19(29)17-15(27)8-16(28)31-20(17)23-18/h1-8,28H,9H2,(H,22,23,29). The van der Waals surface area contributed by atoms with Crippen LogP contribution in [-0.4, -0.2) is 35.1 Å². The lowest BCUT2D eigenvalue weighted by Gasteiger charge is -2.06. The van der Waals surface area contributed by atoms with E-state index in [1.165, 1.54) is 17.0 Å². The van der Waals surface area contributed by atoms with E-state index in [0.29, 0.717) is 17.0 Å². The molecule has 10 nitrogen and oxygen atoms in total. The van der Waals surface area contributed by atoms with E-state index in [0.717, 1.165) is 6.07 Å². The molecule has 0 unspecified atom stereocenters. The lowest BCUT2D eigenvalue weighted by molar-refractivity contribution is 0.336. The summed E-state index contributed by atoms with van der Waals surface area (Å²) in [6, 6.07) is 10.2. The number of halogens is 1. The number of nitrogens with zero attached hydrogens (tertiary/aromatic N) is 5. The van der Waals surface area contributed by atoms with Crippen LogP contribution in [0.5, 0.6) is 11.8 Å². The van der Waals surface area contributed by atoms with Crippen LogP contribution in [0, 0.1) is 5.82 Å². The van der Waals surface area contributed by atoms with Gasteiger partial charge < -0.3 is 19.2 Å². The fraction of sp³-hybridized carbons (Fsp3) is 0.0500. The van der Waals surface area contributed by atoms with Crippen molar-refractivity contribution >= 4 is 11.1 Å². The van der Waals surface area contributed by atoms with Crippen molar-refractivity contribution in [3.05, 3.63) is 70.3 Å². The summed E-state index contributed by atoms with van der Waals surface area (Å²) in [4.78, 5) is 20.0. The van der Waals surface area contributed by atoms with Crippen LogP contribution in [0.25, 0.3) is 34.0 Å². The Kier molecular flexibility index (Phi) is 4.21. The van der Waals surface area contributed by atoms with Crippen LogP contribution in [0.3, 0.4) is 0 Å². The SMILES string of the molecule is O=c1cc(O)oc2nc(-c3cc(-c4ccon4)n(Cc4ccccc4F)n3)nc(O)c12. The normalized spacial score (nSPS) is 11.3. The van der Waals surface area contributed by atoms with Crippen LogP contribution < -0.4 is 5.43 Å². The topological polar surface area (TPSA) is 140 Å². The number of aromatic nitrogens is 5. The van der Waals surface area contributed by atoms with Gasteiger partial charge in [-0.15, -0.1) is 0 Å². The van der Waals surface area contributed by atoms with Crippen molar-refractivity contribution < 1.29 is 23.5 Å². The number of hydrogen-bond donors (Lipinski definition) is 2. The highest BCUT2D eigenvalue weighted by Gasteiger charge is 2.20. The Bertz CT molecular complexity index is 1480. The summed E-state index contributed by atoms with van der Waals surface area (Å²) in [7, 11) is 0. The van der Waals surface area contributed by atoms with E-state index in [1.54, 1.807) is 30.3 Å². The number of aromatic hydroxyl groups is 2. The van der Waals surface area contributed by atoms with Gasteiger partial charge in [0.1, 0.15) is 28.9 Å². The molecule has 11 heteroatoms. The molecular formula is C20H12FN5O5. The Balaban J connectivity index is 1.67. The average molecular weight is 421 g/mol. The zero-order valence-corrected chi connectivity index (χ0v) is 15.6. The maximum atomic E-state index is 14.2. The monoisotopic (exact) mass is 421 g/mol. The Morgan fingerprint density at radius 2 is 1.90 bits per heavy atom. The van der Waals surface area contributed by atoms with Gasteiger partial charge in [0.25, 0.3) is 5.95 Å². The molecule has 0 fully saturated rings. The summed E-state index contributed by atoms with van der Waals surface area (Å²) < 4.78 is 25.6. The van der Waals surface area contributed by atoms with Crippen molar-refractivity contribution in [1.29, 1.82) is 0 Å². The molecule has 0 saturated heterocycles. The maximum Gasteiger partial charge on any atom is 0.287 e. The van der Waals surface area contributed by atoms with Gasteiger partial charge in [-0.05, 0) is 12.1 Å². The van der Waals surface area contributed by atoms with Gasteiger partial charge in [-0.25, -0.2) is 4.39 Å². The molecule has 0 amide bonds. The molecule has 0 atom stereocenters. The first kappa shape index (κ1) is 18.5. The second kappa shape index (κ2) is 7.06. The molecule has 31 heavy (non-hydrogen) atoms. The highest BCUT2D eigenvalue weighted by atomic mass is 19.1. The average Bonchev–Trinajstić information content (AvgIpc) is 3.38. The molecular weight excluding hydrogens is 409 g/mol. The number of fused-ring (bicyclic) bond motifs is 1. The maximum absolute atomic E-state index is 14.2. The molecule has 5 rings (SSSR count). The van der Waals surface area contributed by atoms with Gasteiger partial charge in [0.05, 0.1) is 18.3 Å². The van der Waals surface area contributed by atoms with Gasteiger partial charge in [0.2, 0.25) is 17.0 Å². The van der Waals surface area contributed by atoms with Crippen molar-refractivity contribution in [2.75, 3.05) is 0 Å². The molecule has 0 bridgehead atoms. The first-order valence-electron chi connectivity index (χ1n) is 8.96. The van der Waals surface area contributed by atoms with E-state index < -0.39 is 23.1 Å². The summed E-state index contributed by atoms with van der Waals surface area (Å²) in [5, 5.41) is 27.8. The second-order valence-corrected chi connectivity index (χ2v) is 6.55. The predicted molar refractivity (Wildman–Crippen MR) is 104 cm³/mol. The van der Waals surface area contributed by atoms with Crippen LogP contribution in [0.1, 0.15) is 5.56 Å². The highest BCUT2D eigenvalue weighted by Crippen LogP contribution is 2.28. The van der Waals surface area contributed by atoms with Crippen LogP contribution in [0.4, 0.5) is 4.39 Å². The first-order chi connectivity index (χ1) is 15.0. The quantitative estimate of drug-likeness (QED) is 0.448. The summed E-state index contributed by atoms with van der Waals surface area (Å²) in [6.45, 7) is 0.0737. The Hall–Kier alpha value is -4.54. The van der Waals surface area contributed by atoms with E-state index in [4.69, 9.17) is 8.94 Å². The van der Waals surface area contributed by atoms with Gasteiger partial charge in [-0.3, -0.25) is 9.48 Å². The fourth-order valence-electron chi connectivity index (χ4n) is 3.13. The summed E-state index contributed by atoms with van der Waals surface area (Å²) >= 11 is 0. The molecule has 154 valence electrons. The third kappa shape index (κ3) is 3.27. The Labute approximate surface area is 171 Å². The largest absolute Gasteiger partial charge is 0.493 e. The molecule has 2 N–H and O–H groups in total. The first-order valence-corrected chi connectivity index (χ1v) is 8.96. The number of benzene rings is 1. The van der Waals surface area contributed by atoms with E-state index in [1.807, 2.05) is 0 Å². The highest BCUT2D eigenvalue weighted by molar-refractivity contribution is 5.80. The van der Waals surface area contributed by atoms with Crippen LogP contribution in [-0.2, 0) is 6.54 Å². The van der Waals surface area contributed by atoms with E-state index in [9.17, 15) is 19.4 Å². The van der Waals surface area contributed by atoms with E-state index in [-0.39, 0.29) is 29.2 Å². The molecule has 0 saturated carbocycles. The Morgan fingerprint density at radius 3 is 2.68 bits per heavy atom. The van der Waals surface area contributed by atoms with Gasteiger partial charge in [-0.2, -0.15) is 15.1 Å². The summed E-state index contributed by atoms with van der Waals surface area (Å²) in [6.07, 6.45) is 1.38. The molecule has 0 radical (unpaired) electrons. The zero-order chi connectivity index (χ0) is 21.5. The summed E-state index contributed by atoms with van der Waals surface area (Å²) in [5.41, 5.74) is 0.491. The zero-order valence-electron chi connectivity index (χ0n) is 15.6. The van der Waals surface area contributed by atoms with Crippen molar-refractivity contribution in [3.63, 3.8) is 0 Å². The molecule has 0 aliphatic rings. The molecule has 5 aromatic rings. The summed E-state index contributed by atoms with van der Waals surface area (Å²) in [5.74, 6) is -1.76. The minimum Gasteiger partial charge on any atom is -0.493 e. The lowest BCUT2D eigenvalue weighted by atomic mass is 10.2. The third-order valence-electron chi connectivity index (χ3n) is 4.55. The van der Waals surface area contributed by atoms with Crippen molar-refractivity contribution in [2.45, 2.75) is 6.54 Å². The number of rotatable bonds is 4. The van der Waals surface area contributed by atoms with Crippen molar-refractivity contribution in [1.82, 2.24) is 24.9 Å². The Morgan fingerprint density at radius 1 is 1.06 bits per heavy atom. The predicted octanol–water partition coefficient (Wildman–Crippen LogP) is 2.70. The van der Waals surface area contributed by atoms with Gasteiger partial charge >= 0.3 is 0 Å².